The van der Waals surface area contributed by atoms with Crippen LogP contribution < -0.4 is 0 Å². The average Bonchev–Trinajstić information content (AvgIpc) is 3.62. The number of aromatic nitrogens is 2. The number of pyridine rings is 1. The van der Waals surface area contributed by atoms with Gasteiger partial charge in [0, 0.05) is 53.8 Å². The highest BCUT2D eigenvalue weighted by atomic mass is 32.1. The van der Waals surface area contributed by atoms with Crippen molar-refractivity contribution >= 4 is 74.9 Å². The summed E-state index contributed by atoms with van der Waals surface area (Å²) in [7, 11) is 0. The lowest BCUT2D eigenvalue weighted by Gasteiger charge is -2.14. The fourth-order valence-electron chi connectivity index (χ4n) is 7.54. The predicted molar refractivity (Wildman–Crippen MR) is 193 cm³/mol. The van der Waals surface area contributed by atoms with Gasteiger partial charge >= 0.3 is 0 Å². The molecule has 0 N–H and O–H groups in total. The maximum absolute atomic E-state index is 4.79. The van der Waals surface area contributed by atoms with Gasteiger partial charge in [-0.3, -0.25) is 4.98 Å². The molecule has 0 amide bonds. The van der Waals surface area contributed by atoms with Gasteiger partial charge in [0.2, 0.25) is 0 Å². The highest BCUT2D eigenvalue weighted by molar-refractivity contribution is 7.26. The van der Waals surface area contributed by atoms with E-state index in [9.17, 15) is 0 Å². The summed E-state index contributed by atoms with van der Waals surface area (Å²) >= 11 is 1.89. The first-order valence-electron chi connectivity index (χ1n) is 15.4. The Bertz CT molecular complexity index is 2750. The molecule has 3 aromatic heterocycles. The summed E-state index contributed by atoms with van der Waals surface area (Å²) in [6.07, 6.45) is 2.00. The van der Waals surface area contributed by atoms with Gasteiger partial charge in [-0.05, 0) is 76.2 Å². The Hall–Kier alpha value is -5.51. The second-order valence-corrected chi connectivity index (χ2v) is 13.1. The number of thiophene rings is 1. The Morgan fingerprint density at radius 2 is 1.24 bits per heavy atom. The zero-order valence-corrected chi connectivity index (χ0v) is 25.4. The number of hydrogen-bond donors (Lipinski definition) is 0. The maximum atomic E-state index is 4.79. The summed E-state index contributed by atoms with van der Waals surface area (Å²) in [5.41, 5.74) is 9.65. The third kappa shape index (κ3) is 3.53. The van der Waals surface area contributed by atoms with Crippen molar-refractivity contribution in [3.8, 4) is 28.1 Å². The number of fused-ring (bicyclic) bond motifs is 5. The van der Waals surface area contributed by atoms with E-state index in [1.165, 1.54) is 80.5 Å². The van der Waals surface area contributed by atoms with E-state index in [4.69, 9.17) is 4.98 Å². The molecule has 0 aliphatic heterocycles. The molecule has 0 saturated heterocycles. The van der Waals surface area contributed by atoms with Crippen molar-refractivity contribution in [2.24, 2.45) is 0 Å². The highest BCUT2D eigenvalue weighted by Gasteiger charge is 2.23. The monoisotopic (exact) mass is 590 g/mol. The quantitative estimate of drug-likeness (QED) is 0.187. The van der Waals surface area contributed by atoms with Crippen molar-refractivity contribution in [2.75, 3.05) is 0 Å². The minimum absolute atomic E-state index is 0.990. The van der Waals surface area contributed by atoms with Gasteiger partial charge < -0.3 is 4.57 Å². The summed E-state index contributed by atoms with van der Waals surface area (Å²) in [5.74, 6) is 0. The molecule has 0 spiro atoms. The summed E-state index contributed by atoms with van der Waals surface area (Å²) < 4.78 is 5.16. The molecule has 0 bridgehead atoms. The van der Waals surface area contributed by atoms with Crippen LogP contribution in [0.15, 0.2) is 140 Å². The standard InChI is InChI=1S/C42H26N2S/c1-25-20-35-41-32(39(25)27-12-6-3-7-13-27)18-19-33-40-31-14-8-9-15-37(31)45-38(40)23-36(42(33)41)44(35)30-17-16-28-24-43-34(22-29(28)21-30)26-10-4-2-5-11-26/h2-24H,1H3. The molecule has 7 aromatic carbocycles. The van der Waals surface area contributed by atoms with Crippen LogP contribution in [-0.4, -0.2) is 9.55 Å². The summed E-state index contributed by atoms with van der Waals surface area (Å²) in [6.45, 7) is 2.26. The Labute approximate surface area is 263 Å². The van der Waals surface area contributed by atoms with E-state index in [2.05, 4.69) is 139 Å². The molecule has 10 rings (SSSR count). The van der Waals surface area contributed by atoms with E-state index in [0.717, 1.165) is 16.6 Å². The third-order valence-corrected chi connectivity index (χ3v) is 10.6. The first-order chi connectivity index (χ1) is 22.2. The van der Waals surface area contributed by atoms with Crippen LogP contribution in [-0.2, 0) is 0 Å². The predicted octanol–water partition coefficient (Wildman–Crippen LogP) is 11.9. The molecule has 210 valence electrons. The number of hydrogen-bond acceptors (Lipinski definition) is 2. The fourth-order valence-corrected chi connectivity index (χ4v) is 8.69. The lowest BCUT2D eigenvalue weighted by atomic mass is 9.90. The van der Waals surface area contributed by atoms with Gasteiger partial charge in [0.25, 0.3) is 0 Å². The molecule has 0 atom stereocenters. The smallest absolute Gasteiger partial charge is 0.0708 e. The molecular formula is C42H26N2S. The molecular weight excluding hydrogens is 565 g/mol. The van der Waals surface area contributed by atoms with Crippen molar-refractivity contribution in [3.05, 3.63) is 145 Å². The third-order valence-electron chi connectivity index (χ3n) is 9.47. The Morgan fingerprint density at radius 1 is 0.533 bits per heavy atom. The van der Waals surface area contributed by atoms with Gasteiger partial charge in [0.05, 0.1) is 16.7 Å². The average molecular weight is 591 g/mol. The largest absolute Gasteiger partial charge is 0.309 e. The van der Waals surface area contributed by atoms with Crippen LogP contribution in [0.2, 0.25) is 0 Å². The van der Waals surface area contributed by atoms with Crippen molar-refractivity contribution in [3.63, 3.8) is 0 Å². The number of rotatable bonds is 3. The van der Waals surface area contributed by atoms with E-state index >= 15 is 0 Å². The van der Waals surface area contributed by atoms with Crippen LogP contribution in [0, 0.1) is 6.92 Å². The van der Waals surface area contributed by atoms with Crippen molar-refractivity contribution in [1.29, 1.82) is 0 Å². The Kier molecular flexibility index (Phi) is 5.11. The normalized spacial score (nSPS) is 12.1. The van der Waals surface area contributed by atoms with Crippen LogP contribution in [0.4, 0.5) is 0 Å². The van der Waals surface area contributed by atoms with Crippen molar-refractivity contribution in [1.82, 2.24) is 9.55 Å². The van der Waals surface area contributed by atoms with Crippen LogP contribution in [0.25, 0.3) is 91.6 Å². The Morgan fingerprint density at radius 3 is 2.09 bits per heavy atom. The summed E-state index contributed by atoms with van der Waals surface area (Å²) in [5, 5.41) is 10.3. The van der Waals surface area contributed by atoms with Crippen molar-refractivity contribution < 1.29 is 0 Å². The molecule has 0 aliphatic carbocycles. The topological polar surface area (TPSA) is 17.8 Å². The van der Waals surface area contributed by atoms with Gasteiger partial charge in [0.15, 0.2) is 0 Å². The number of nitrogens with zero attached hydrogens (tertiary/aromatic N) is 2. The molecule has 45 heavy (non-hydrogen) atoms. The van der Waals surface area contributed by atoms with Crippen LogP contribution >= 0.6 is 11.3 Å². The lowest BCUT2D eigenvalue weighted by molar-refractivity contribution is 1.18. The zero-order valence-electron chi connectivity index (χ0n) is 24.6. The second-order valence-electron chi connectivity index (χ2n) is 12.0. The molecule has 2 nitrogen and oxygen atoms in total. The summed E-state index contributed by atoms with van der Waals surface area (Å²) in [4.78, 5) is 4.79. The molecule has 10 aromatic rings. The highest BCUT2D eigenvalue weighted by Crippen LogP contribution is 2.48. The SMILES string of the molecule is Cc1cc2c3c(ccc4c5c(cc(c43)n2-c2ccc3cnc(-c4ccccc4)cc3c2)sc2ccccc25)c1-c1ccccc1. The Balaban J connectivity index is 1.34. The van der Waals surface area contributed by atoms with E-state index < -0.39 is 0 Å². The van der Waals surface area contributed by atoms with Crippen LogP contribution in [0.1, 0.15) is 5.56 Å². The van der Waals surface area contributed by atoms with E-state index in [1.807, 2.05) is 23.6 Å². The molecule has 3 heteroatoms. The molecule has 3 heterocycles. The maximum Gasteiger partial charge on any atom is 0.0708 e. The van der Waals surface area contributed by atoms with E-state index in [0.29, 0.717) is 0 Å². The van der Waals surface area contributed by atoms with Gasteiger partial charge in [0.1, 0.15) is 0 Å². The first kappa shape index (κ1) is 24.9. The molecule has 0 unspecified atom stereocenters. The number of benzene rings is 7. The zero-order chi connectivity index (χ0) is 29.6. The molecule has 0 fully saturated rings. The van der Waals surface area contributed by atoms with Gasteiger partial charge in [-0.2, -0.15) is 0 Å². The minimum atomic E-state index is 0.990. The lowest BCUT2D eigenvalue weighted by Crippen LogP contribution is -1.95. The van der Waals surface area contributed by atoms with Gasteiger partial charge in [-0.15, -0.1) is 11.3 Å². The molecule has 0 aliphatic rings. The molecule has 0 radical (unpaired) electrons. The minimum Gasteiger partial charge on any atom is -0.309 e. The van der Waals surface area contributed by atoms with Gasteiger partial charge in [-0.1, -0.05) is 97.1 Å². The molecule has 0 saturated carbocycles. The van der Waals surface area contributed by atoms with Crippen LogP contribution in [0.5, 0.6) is 0 Å². The number of aryl methyl sites for hydroxylation is 1. The first-order valence-corrected chi connectivity index (χ1v) is 16.2. The fraction of sp³-hybridized carbons (Fsp3) is 0.0238. The summed E-state index contributed by atoms with van der Waals surface area (Å²) in [6, 6.07) is 48.7. The van der Waals surface area contributed by atoms with E-state index in [-0.39, 0.29) is 0 Å². The van der Waals surface area contributed by atoms with Gasteiger partial charge in [-0.25, -0.2) is 0 Å². The van der Waals surface area contributed by atoms with Crippen molar-refractivity contribution in [2.45, 2.75) is 6.92 Å². The van der Waals surface area contributed by atoms with Crippen LogP contribution in [0.3, 0.4) is 0 Å². The van der Waals surface area contributed by atoms with E-state index in [1.54, 1.807) is 0 Å². The second kappa shape index (κ2) is 9.25.